The molecule has 1 amide bonds. The number of nitrogens with zero attached hydrogens (tertiary/aromatic N) is 3. The van der Waals surface area contributed by atoms with Crippen molar-refractivity contribution < 1.29 is 13.6 Å². The van der Waals surface area contributed by atoms with Gasteiger partial charge < -0.3 is 13.7 Å². The molecule has 0 N–H and O–H groups in total. The summed E-state index contributed by atoms with van der Waals surface area (Å²) in [5, 5.41) is 0. The fourth-order valence-electron chi connectivity index (χ4n) is 3.43. The number of hydrogen-bond donors (Lipinski definition) is 0. The van der Waals surface area contributed by atoms with Gasteiger partial charge in [-0.05, 0) is 19.9 Å². The molecule has 0 aliphatic carbocycles. The van der Waals surface area contributed by atoms with Crippen LogP contribution in [0.3, 0.4) is 0 Å². The molecule has 0 spiro atoms. The van der Waals surface area contributed by atoms with Crippen molar-refractivity contribution in [2.75, 3.05) is 26.2 Å². The van der Waals surface area contributed by atoms with E-state index in [0.717, 1.165) is 30.2 Å². The van der Waals surface area contributed by atoms with Gasteiger partial charge in [-0.3, -0.25) is 9.69 Å². The second-order valence-corrected chi connectivity index (χ2v) is 6.88. The summed E-state index contributed by atoms with van der Waals surface area (Å²) in [5.74, 6) is 2.99. The minimum absolute atomic E-state index is 0.0477. The van der Waals surface area contributed by atoms with Crippen LogP contribution in [0.5, 0.6) is 0 Å². The highest BCUT2D eigenvalue weighted by molar-refractivity contribution is 5.95. The van der Waals surface area contributed by atoms with Crippen molar-refractivity contribution in [3.63, 3.8) is 0 Å². The maximum absolute atomic E-state index is 12.7. The van der Waals surface area contributed by atoms with Gasteiger partial charge in [-0.2, -0.15) is 0 Å². The summed E-state index contributed by atoms with van der Waals surface area (Å²) >= 11 is 0. The van der Waals surface area contributed by atoms with Crippen molar-refractivity contribution >= 4 is 5.91 Å². The van der Waals surface area contributed by atoms with E-state index in [1.54, 1.807) is 6.20 Å². The van der Waals surface area contributed by atoms with Crippen LogP contribution in [0.4, 0.5) is 0 Å². The predicted octanol–water partition coefficient (Wildman–Crippen LogP) is 3.51. The van der Waals surface area contributed by atoms with Crippen molar-refractivity contribution in [1.29, 1.82) is 0 Å². The van der Waals surface area contributed by atoms with Gasteiger partial charge in [0.2, 0.25) is 5.89 Å². The number of hydrogen-bond acceptors (Lipinski definition) is 5. The van der Waals surface area contributed by atoms with Crippen LogP contribution in [0.1, 0.15) is 27.8 Å². The molecule has 0 atom stereocenters. The van der Waals surface area contributed by atoms with Gasteiger partial charge in [0.05, 0.1) is 18.3 Å². The zero-order chi connectivity index (χ0) is 18.8. The Morgan fingerprint density at radius 3 is 2.48 bits per heavy atom. The van der Waals surface area contributed by atoms with E-state index in [4.69, 9.17) is 8.83 Å². The van der Waals surface area contributed by atoms with E-state index in [1.807, 2.05) is 55.1 Å². The van der Waals surface area contributed by atoms with Gasteiger partial charge in [-0.1, -0.05) is 30.3 Å². The number of aromatic nitrogens is 1. The third kappa shape index (κ3) is 3.80. The summed E-state index contributed by atoms with van der Waals surface area (Å²) in [6, 6.07) is 11.8. The average molecular weight is 365 g/mol. The van der Waals surface area contributed by atoms with E-state index >= 15 is 0 Å². The van der Waals surface area contributed by atoms with Gasteiger partial charge in [-0.25, -0.2) is 4.98 Å². The van der Waals surface area contributed by atoms with Gasteiger partial charge >= 0.3 is 0 Å². The highest BCUT2D eigenvalue weighted by atomic mass is 16.4. The lowest BCUT2D eigenvalue weighted by Crippen LogP contribution is -2.48. The zero-order valence-corrected chi connectivity index (χ0v) is 15.6. The van der Waals surface area contributed by atoms with E-state index in [2.05, 4.69) is 9.88 Å². The molecule has 0 radical (unpaired) electrons. The van der Waals surface area contributed by atoms with Gasteiger partial charge in [0.1, 0.15) is 11.5 Å². The zero-order valence-electron chi connectivity index (χ0n) is 15.6. The summed E-state index contributed by atoms with van der Waals surface area (Å²) in [6.07, 6.45) is 1.77. The van der Waals surface area contributed by atoms with E-state index < -0.39 is 0 Å². The van der Waals surface area contributed by atoms with Crippen LogP contribution in [0.15, 0.2) is 51.4 Å². The molecule has 4 rings (SSSR count). The van der Waals surface area contributed by atoms with Crippen LogP contribution in [-0.2, 0) is 6.54 Å². The van der Waals surface area contributed by atoms with Gasteiger partial charge in [0.25, 0.3) is 5.91 Å². The first-order valence-corrected chi connectivity index (χ1v) is 9.19. The van der Waals surface area contributed by atoms with Gasteiger partial charge in [0.15, 0.2) is 5.76 Å². The molecule has 1 aliphatic heterocycles. The number of furan rings is 1. The molecule has 0 unspecified atom stereocenters. The maximum atomic E-state index is 12.7. The molecular formula is C21H23N3O3. The second-order valence-electron chi connectivity index (χ2n) is 6.88. The van der Waals surface area contributed by atoms with Crippen LogP contribution in [-0.4, -0.2) is 46.9 Å². The van der Waals surface area contributed by atoms with Crippen molar-refractivity contribution in [2.45, 2.75) is 20.4 Å². The second kappa shape index (κ2) is 7.40. The van der Waals surface area contributed by atoms with Crippen LogP contribution >= 0.6 is 0 Å². The molecule has 1 aromatic carbocycles. The first kappa shape index (κ1) is 17.5. The molecular weight excluding hydrogens is 342 g/mol. The van der Waals surface area contributed by atoms with E-state index in [1.165, 1.54) is 0 Å². The molecule has 2 aromatic heterocycles. The van der Waals surface area contributed by atoms with E-state index in [9.17, 15) is 4.79 Å². The number of carbonyl (C=O) groups excluding carboxylic acids is 1. The lowest BCUT2D eigenvalue weighted by Gasteiger charge is -2.33. The monoisotopic (exact) mass is 365 g/mol. The highest BCUT2D eigenvalue weighted by Crippen LogP contribution is 2.21. The Kier molecular flexibility index (Phi) is 4.81. The first-order valence-electron chi connectivity index (χ1n) is 9.19. The number of amides is 1. The van der Waals surface area contributed by atoms with Crippen molar-refractivity contribution in [3.8, 4) is 11.3 Å². The van der Waals surface area contributed by atoms with Gasteiger partial charge in [-0.15, -0.1) is 0 Å². The normalized spacial score (nSPS) is 15.3. The molecule has 0 bridgehead atoms. The summed E-state index contributed by atoms with van der Waals surface area (Å²) < 4.78 is 11.4. The number of aryl methyl sites for hydroxylation is 2. The van der Waals surface area contributed by atoms with Gasteiger partial charge in [0, 0.05) is 31.7 Å². The van der Waals surface area contributed by atoms with E-state index in [-0.39, 0.29) is 5.91 Å². The topological polar surface area (TPSA) is 62.7 Å². The smallest absolute Gasteiger partial charge is 0.257 e. The lowest BCUT2D eigenvalue weighted by molar-refractivity contribution is 0.0616. The molecule has 6 nitrogen and oxygen atoms in total. The molecule has 27 heavy (non-hydrogen) atoms. The average Bonchev–Trinajstić information content (AvgIpc) is 3.28. The molecule has 1 aliphatic rings. The minimum atomic E-state index is 0.0477. The standard InChI is InChI=1S/C21H23N3O3/c1-15-12-18(16(2)26-15)21(25)24-10-8-23(9-11-24)14-20-22-13-19(27-20)17-6-4-3-5-7-17/h3-7,12-13H,8-11,14H2,1-2H3. The van der Waals surface area contributed by atoms with Crippen LogP contribution in [0, 0.1) is 13.8 Å². The number of carbonyl (C=O) groups is 1. The fraction of sp³-hybridized carbons (Fsp3) is 0.333. The Labute approximate surface area is 158 Å². The van der Waals surface area contributed by atoms with Crippen LogP contribution in [0.2, 0.25) is 0 Å². The Bertz CT molecular complexity index is 921. The molecule has 0 saturated carbocycles. The first-order chi connectivity index (χ1) is 13.1. The Morgan fingerprint density at radius 2 is 1.81 bits per heavy atom. The molecule has 6 heteroatoms. The molecule has 1 saturated heterocycles. The molecule has 1 fully saturated rings. The summed E-state index contributed by atoms with van der Waals surface area (Å²) in [7, 11) is 0. The van der Waals surface area contributed by atoms with E-state index in [0.29, 0.717) is 36.8 Å². The summed E-state index contributed by atoms with van der Waals surface area (Å²) in [5.41, 5.74) is 1.69. The minimum Gasteiger partial charge on any atom is -0.466 e. The SMILES string of the molecule is Cc1cc(C(=O)N2CCN(Cc3ncc(-c4ccccc4)o3)CC2)c(C)o1. The lowest BCUT2D eigenvalue weighted by atomic mass is 10.2. The Hall–Kier alpha value is -2.86. The molecule has 3 aromatic rings. The largest absolute Gasteiger partial charge is 0.466 e. The third-order valence-corrected chi connectivity index (χ3v) is 4.90. The quantitative estimate of drug-likeness (QED) is 0.708. The predicted molar refractivity (Wildman–Crippen MR) is 101 cm³/mol. The van der Waals surface area contributed by atoms with Crippen molar-refractivity contribution in [1.82, 2.24) is 14.8 Å². The summed E-state index contributed by atoms with van der Waals surface area (Å²) in [4.78, 5) is 21.2. The van der Waals surface area contributed by atoms with Crippen molar-refractivity contribution in [2.24, 2.45) is 0 Å². The van der Waals surface area contributed by atoms with Crippen molar-refractivity contribution in [3.05, 3.63) is 65.6 Å². The number of benzene rings is 1. The number of rotatable bonds is 4. The van der Waals surface area contributed by atoms with Crippen LogP contribution < -0.4 is 0 Å². The highest BCUT2D eigenvalue weighted by Gasteiger charge is 2.25. The fourth-order valence-corrected chi connectivity index (χ4v) is 3.43. The van der Waals surface area contributed by atoms with Crippen LogP contribution in [0.25, 0.3) is 11.3 Å². The number of piperazine rings is 1. The summed E-state index contributed by atoms with van der Waals surface area (Å²) in [6.45, 7) is 7.32. The molecule has 140 valence electrons. The maximum Gasteiger partial charge on any atom is 0.257 e. The Balaban J connectivity index is 1.34. The Morgan fingerprint density at radius 1 is 1.07 bits per heavy atom. The third-order valence-electron chi connectivity index (χ3n) is 4.90. The number of oxazole rings is 1. The molecule has 3 heterocycles.